The summed E-state index contributed by atoms with van der Waals surface area (Å²) in [5, 5.41) is 0. The summed E-state index contributed by atoms with van der Waals surface area (Å²) in [6.45, 7) is 6.17. The van der Waals surface area contributed by atoms with Crippen molar-refractivity contribution in [2.75, 3.05) is 49.2 Å². The molecule has 0 bridgehead atoms. The standard InChI is InChI=1S/C18H20F2N4O3/c1-2-15(21)22-5-12-6-24(17(25)27-12)11-3-13(19)16(14(20)4-11)23-7-18(8-23)9-26-10-18/h2-4,12H,1,5-10H2,(H2,21,22). The van der Waals surface area contributed by atoms with Gasteiger partial charge in [0.05, 0.1) is 37.4 Å². The first kappa shape index (κ1) is 17.7. The van der Waals surface area contributed by atoms with Crippen LogP contribution in [-0.4, -0.2) is 57.4 Å². The van der Waals surface area contributed by atoms with E-state index in [1.54, 1.807) is 4.90 Å². The molecule has 3 saturated heterocycles. The van der Waals surface area contributed by atoms with E-state index in [0.717, 1.165) is 12.1 Å². The predicted octanol–water partition coefficient (Wildman–Crippen LogP) is 1.67. The van der Waals surface area contributed by atoms with Gasteiger partial charge in [0.2, 0.25) is 0 Å². The molecule has 7 nitrogen and oxygen atoms in total. The topological polar surface area (TPSA) is 80.4 Å². The largest absolute Gasteiger partial charge is 0.442 e. The third-order valence-electron chi connectivity index (χ3n) is 5.06. The predicted molar refractivity (Wildman–Crippen MR) is 96.1 cm³/mol. The number of carbonyl (C=O) groups excluding carboxylic acids is 1. The summed E-state index contributed by atoms with van der Waals surface area (Å²) in [6, 6.07) is 2.32. The van der Waals surface area contributed by atoms with Crippen LogP contribution < -0.4 is 15.5 Å². The monoisotopic (exact) mass is 378 g/mol. The summed E-state index contributed by atoms with van der Waals surface area (Å²) in [6.07, 6.45) is 0.164. The maximum Gasteiger partial charge on any atom is 0.414 e. The molecule has 3 aliphatic rings. The Morgan fingerprint density at radius 1 is 1.37 bits per heavy atom. The zero-order valence-electron chi connectivity index (χ0n) is 14.7. The Morgan fingerprint density at radius 3 is 2.59 bits per heavy atom. The number of amides is 1. The molecule has 3 aliphatic heterocycles. The number of ether oxygens (including phenoxy) is 2. The summed E-state index contributed by atoms with van der Waals surface area (Å²) >= 11 is 0. The van der Waals surface area contributed by atoms with Crippen LogP contribution in [0.2, 0.25) is 0 Å². The lowest BCUT2D eigenvalue weighted by Crippen LogP contribution is -2.66. The van der Waals surface area contributed by atoms with E-state index in [0.29, 0.717) is 26.3 Å². The van der Waals surface area contributed by atoms with Gasteiger partial charge in [-0.1, -0.05) is 6.58 Å². The van der Waals surface area contributed by atoms with E-state index in [-0.39, 0.29) is 35.7 Å². The highest BCUT2D eigenvalue weighted by molar-refractivity contribution is 5.91. The van der Waals surface area contributed by atoms with Crippen molar-refractivity contribution >= 4 is 23.3 Å². The number of nitrogens with two attached hydrogens (primary N) is 1. The molecule has 0 aromatic heterocycles. The van der Waals surface area contributed by atoms with Gasteiger partial charge in [0, 0.05) is 25.2 Å². The van der Waals surface area contributed by atoms with Gasteiger partial charge in [0.15, 0.2) is 11.6 Å². The number of aliphatic imine (C=N–C) groups is 1. The van der Waals surface area contributed by atoms with Crippen molar-refractivity contribution in [1.82, 2.24) is 0 Å². The van der Waals surface area contributed by atoms with Gasteiger partial charge < -0.3 is 20.1 Å². The number of hydrogen-bond acceptors (Lipinski definition) is 5. The fourth-order valence-electron chi connectivity index (χ4n) is 3.60. The minimum atomic E-state index is -0.703. The number of cyclic esters (lactones) is 1. The van der Waals surface area contributed by atoms with Gasteiger partial charge in [0.25, 0.3) is 0 Å². The van der Waals surface area contributed by atoms with Crippen LogP contribution >= 0.6 is 0 Å². The zero-order valence-corrected chi connectivity index (χ0v) is 14.7. The number of halogens is 2. The maximum absolute atomic E-state index is 14.6. The molecular weight excluding hydrogens is 358 g/mol. The van der Waals surface area contributed by atoms with Crippen LogP contribution in [0.25, 0.3) is 0 Å². The first-order valence-electron chi connectivity index (χ1n) is 8.63. The lowest BCUT2D eigenvalue weighted by Gasteiger charge is -2.56. The molecule has 27 heavy (non-hydrogen) atoms. The van der Waals surface area contributed by atoms with Crippen LogP contribution in [0.1, 0.15) is 0 Å². The Bertz CT molecular complexity index is 794. The van der Waals surface area contributed by atoms with Crippen molar-refractivity contribution in [3.8, 4) is 0 Å². The minimum absolute atomic E-state index is 0.0390. The molecule has 9 heteroatoms. The molecule has 3 fully saturated rings. The maximum atomic E-state index is 14.6. The molecule has 0 saturated carbocycles. The van der Waals surface area contributed by atoms with Crippen molar-refractivity contribution in [2.24, 2.45) is 16.1 Å². The molecule has 1 aromatic carbocycles. The van der Waals surface area contributed by atoms with Crippen LogP contribution in [0, 0.1) is 17.0 Å². The first-order valence-corrected chi connectivity index (χ1v) is 8.63. The molecule has 144 valence electrons. The SMILES string of the molecule is C=CC(N)=NCC1CN(c2cc(F)c(N3CC4(COC4)C3)c(F)c2)C(=O)O1. The van der Waals surface area contributed by atoms with Gasteiger partial charge in [-0.25, -0.2) is 13.6 Å². The Morgan fingerprint density at radius 2 is 2.04 bits per heavy atom. The second-order valence-corrected chi connectivity index (χ2v) is 7.19. The van der Waals surface area contributed by atoms with Crippen molar-refractivity contribution in [1.29, 1.82) is 0 Å². The Balaban J connectivity index is 1.48. The second kappa shape index (κ2) is 6.49. The average Bonchev–Trinajstić information content (AvgIpc) is 2.93. The molecule has 4 rings (SSSR count). The Labute approximate surface area is 155 Å². The van der Waals surface area contributed by atoms with Crippen molar-refractivity contribution in [3.05, 3.63) is 36.4 Å². The fourth-order valence-corrected chi connectivity index (χ4v) is 3.60. The lowest BCUT2D eigenvalue weighted by molar-refractivity contribution is -0.127. The van der Waals surface area contributed by atoms with Crippen molar-refractivity contribution in [3.63, 3.8) is 0 Å². The van der Waals surface area contributed by atoms with Crippen LogP contribution in [0.3, 0.4) is 0 Å². The smallest absolute Gasteiger partial charge is 0.414 e. The number of hydrogen-bond donors (Lipinski definition) is 1. The number of anilines is 2. The van der Waals surface area contributed by atoms with Gasteiger partial charge in [0.1, 0.15) is 17.6 Å². The molecule has 1 unspecified atom stereocenters. The third-order valence-corrected chi connectivity index (χ3v) is 5.06. The Hall–Kier alpha value is -2.68. The van der Waals surface area contributed by atoms with Crippen LogP contribution in [0.4, 0.5) is 25.0 Å². The van der Waals surface area contributed by atoms with Crippen LogP contribution in [0.5, 0.6) is 0 Å². The number of benzene rings is 1. The third kappa shape index (κ3) is 3.12. The van der Waals surface area contributed by atoms with Crippen LogP contribution in [-0.2, 0) is 9.47 Å². The van der Waals surface area contributed by atoms with Gasteiger partial charge in [-0.05, 0) is 6.08 Å². The zero-order chi connectivity index (χ0) is 19.2. The van der Waals surface area contributed by atoms with Gasteiger partial charge in [-0.3, -0.25) is 9.89 Å². The number of rotatable bonds is 5. The highest BCUT2D eigenvalue weighted by Gasteiger charge is 2.50. The van der Waals surface area contributed by atoms with E-state index < -0.39 is 23.8 Å². The molecule has 1 atom stereocenters. The van der Waals surface area contributed by atoms with Crippen molar-refractivity contribution < 1.29 is 23.0 Å². The van der Waals surface area contributed by atoms with E-state index in [1.807, 2.05) is 0 Å². The highest BCUT2D eigenvalue weighted by atomic mass is 19.1. The van der Waals surface area contributed by atoms with E-state index in [2.05, 4.69) is 11.6 Å². The normalized spacial score (nSPS) is 23.9. The highest BCUT2D eigenvalue weighted by Crippen LogP contribution is 2.42. The lowest BCUT2D eigenvalue weighted by atomic mass is 9.77. The molecular formula is C18H20F2N4O3. The van der Waals surface area contributed by atoms with Gasteiger partial charge in [-0.2, -0.15) is 0 Å². The summed E-state index contributed by atoms with van der Waals surface area (Å²) in [7, 11) is 0. The first-order chi connectivity index (χ1) is 12.9. The summed E-state index contributed by atoms with van der Waals surface area (Å²) in [5.74, 6) is -1.18. The van der Waals surface area contributed by atoms with Gasteiger partial charge >= 0.3 is 6.09 Å². The number of carbonyl (C=O) groups is 1. The minimum Gasteiger partial charge on any atom is -0.442 e. The second-order valence-electron chi connectivity index (χ2n) is 7.19. The summed E-state index contributed by atoms with van der Waals surface area (Å²) in [4.78, 5) is 18.9. The van der Waals surface area contributed by atoms with E-state index in [4.69, 9.17) is 15.2 Å². The summed E-state index contributed by atoms with van der Waals surface area (Å²) in [5.41, 5.74) is 5.62. The molecule has 1 spiro atoms. The fraction of sp³-hybridized carbons (Fsp3) is 0.444. The Kier molecular flexibility index (Phi) is 4.26. The number of amidine groups is 1. The number of nitrogens with zero attached hydrogens (tertiary/aromatic N) is 3. The molecule has 1 aromatic rings. The van der Waals surface area contributed by atoms with E-state index in [9.17, 15) is 13.6 Å². The molecule has 1 amide bonds. The average molecular weight is 378 g/mol. The molecule has 3 heterocycles. The quantitative estimate of drug-likeness (QED) is 0.623. The molecule has 0 radical (unpaired) electrons. The van der Waals surface area contributed by atoms with Gasteiger partial charge in [-0.15, -0.1) is 0 Å². The van der Waals surface area contributed by atoms with Crippen molar-refractivity contribution in [2.45, 2.75) is 6.10 Å². The molecule has 0 aliphatic carbocycles. The summed E-state index contributed by atoms with van der Waals surface area (Å²) < 4.78 is 39.5. The molecule has 2 N–H and O–H groups in total. The van der Waals surface area contributed by atoms with E-state index >= 15 is 0 Å². The van der Waals surface area contributed by atoms with E-state index in [1.165, 1.54) is 11.0 Å². The van der Waals surface area contributed by atoms with Crippen LogP contribution in [0.15, 0.2) is 29.8 Å².